The summed E-state index contributed by atoms with van der Waals surface area (Å²) in [4.78, 5) is 22.6. The molecule has 0 bridgehead atoms. The summed E-state index contributed by atoms with van der Waals surface area (Å²) >= 11 is 0. The maximum atomic E-state index is 11.7. The van der Waals surface area contributed by atoms with Crippen LogP contribution in [0.5, 0.6) is 0 Å². The molecule has 0 spiro atoms. The number of ether oxygens (including phenoxy) is 2. The van der Waals surface area contributed by atoms with Crippen LogP contribution in [-0.4, -0.2) is 58.8 Å². The molecule has 0 fully saturated rings. The highest BCUT2D eigenvalue weighted by atomic mass is 16.6. The molecule has 202 valence electrons. The summed E-state index contributed by atoms with van der Waals surface area (Å²) in [6.07, 6.45) is 17.2. The second-order valence-corrected chi connectivity index (χ2v) is 9.57. The summed E-state index contributed by atoms with van der Waals surface area (Å²) in [5.74, 6) is -1.15. The van der Waals surface area contributed by atoms with Crippen molar-refractivity contribution in [2.45, 2.75) is 148 Å². The van der Waals surface area contributed by atoms with Gasteiger partial charge in [0.15, 0.2) is 6.10 Å². The first-order chi connectivity index (χ1) is 16.4. The fourth-order valence-electron chi connectivity index (χ4n) is 4.02. The molecule has 0 radical (unpaired) electrons. The molecule has 0 aliphatic carbocycles. The van der Waals surface area contributed by atoms with Gasteiger partial charge in [-0.15, -0.1) is 0 Å². The van der Waals surface area contributed by atoms with Gasteiger partial charge < -0.3 is 24.8 Å². The van der Waals surface area contributed by atoms with Crippen LogP contribution < -0.4 is 0 Å². The summed E-state index contributed by atoms with van der Waals surface area (Å²) in [5, 5.41) is 29.2. The van der Waals surface area contributed by atoms with Crippen molar-refractivity contribution >= 4 is 11.9 Å². The van der Waals surface area contributed by atoms with E-state index in [0.29, 0.717) is 6.42 Å². The third kappa shape index (κ3) is 22.6. The predicted octanol–water partition coefficient (Wildman–Crippen LogP) is 5.22. The molecule has 0 aromatic heterocycles. The number of hydrogen-bond donors (Lipinski definition) is 3. The lowest BCUT2D eigenvalue weighted by molar-refractivity contribution is -0.160. The maximum absolute atomic E-state index is 11.7. The van der Waals surface area contributed by atoms with Gasteiger partial charge >= 0.3 is 11.9 Å². The van der Waals surface area contributed by atoms with Crippen LogP contribution in [0.25, 0.3) is 0 Å². The zero-order valence-electron chi connectivity index (χ0n) is 21.8. The third-order valence-electron chi connectivity index (χ3n) is 6.08. The topological polar surface area (TPSA) is 113 Å². The molecule has 3 unspecified atom stereocenters. The van der Waals surface area contributed by atoms with E-state index in [0.717, 1.165) is 32.1 Å². The molecule has 0 aliphatic rings. The Bertz CT molecular complexity index is 484. The number of unbranched alkanes of at least 4 members (excludes halogenated alkanes) is 12. The molecule has 0 aromatic carbocycles. The van der Waals surface area contributed by atoms with Crippen molar-refractivity contribution in [1.82, 2.24) is 0 Å². The fraction of sp³-hybridized carbons (Fsp3) is 0.926. The minimum Gasteiger partial charge on any atom is -0.462 e. The molecule has 0 heterocycles. The molecule has 0 saturated heterocycles. The summed E-state index contributed by atoms with van der Waals surface area (Å²) in [6, 6.07) is 0. The highest BCUT2D eigenvalue weighted by molar-refractivity contribution is 5.70. The monoisotopic (exact) mass is 488 g/mol. The van der Waals surface area contributed by atoms with E-state index in [4.69, 9.17) is 14.6 Å². The van der Waals surface area contributed by atoms with Crippen LogP contribution in [0.1, 0.15) is 129 Å². The zero-order chi connectivity index (χ0) is 25.4. The lowest BCUT2D eigenvalue weighted by Gasteiger charge is -2.15. The quantitative estimate of drug-likeness (QED) is 0.126. The number of carbonyl (C=O) groups excluding carboxylic acids is 2. The van der Waals surface area contributed by atoms with Crippen LogP contribution in [0.15, 0.2) is 0 Å². The van der Waals surface area contributed by atoms with E-state index in [1.54, 1.807) is 0 Å². The standard InChI is InChI=1S/C27H52O7/c1-3-4-5-6-7-8-9-10-11-12-13-14-17-24(30)18-15-16-19-25(31)20-27(32)33-22-26(21-28)34-23(2)29/h24-26,28,30-31H,3-22H2,1-2H3. The first-order valence-electron chi connectivity index (χ1n) is 13.7. The lowest BCUT2D eigenvalue weighted by Crippen LogP contribution is -2.28. The predicted molar refractivity (Wildman–Crippen MR) is 134 cm³/mol. The minimum atomic E-state index is -0.884. The van der Waals surface area contributed by atoms with Crippen LogP contribution in [0.3, 0.4) is 0 Å². The van der Waals surface area contributed by atoms with Crippen molar-refractivity contribution in [1.29, 1.82) is 0 Å². The highest BCUT2D eigenvalue weighted by Gasteiger charge is 2.16. The van der Waals surface area contributed by atoms with E-state index in [2.05, 4.69) is 6.92 Å². The molecular weight excluding hydrogens is 436 g/mol. The number of carbonyl (C=O) groups is 2. The Kier molecular flexibility index (Phi) is 22.7. The van der Waals surface area contributed by atoms with Gasteiger partial charge in [0.25, 0.3) is 0 Å². The van der Waals surface area contributed by atoms with Crippen molar-refractivity contribution in [2.24, 2.45) is 0 Å². The molecule has 0 aromatic rings. The third-order valence-corrected chi connectivity index (χ3v) is 6.08. The summed E-state index contributed by atoms with van der Waals surface area (Å²) < 4.78 is 9.72. The Morgan fingerprint density at radius 3 is 1.62 bits per heavy atom. The van der Waals surface area contributed by atoms with Crippen LogP contribution in [0.2, 0.25) is 0 Å². The van der Waals surface area contributed by atoms with Crippen LogP contribution >= 0.6 is 0 Å². The Morgan fingerprint density at radius 1 is 0.706 bits per heavy atom. The van der Waals surface area contributed by atoms with Gasteiger partial charge in [0.1, 0.15) is 6.61 Å². The van der Waals surface area contributed by atoms with Gasteiger partial charge in [0.2, 0.25) is 0 Å². The first-order valence-corrected chi connectivity index (χ1v) is 13.7. The summed E-state index contributed by atoms with van der Waals surface area (Å²) in [6.45, 7) is 2.80. The average Bonchev–Trinajstić information content (AvgIpc) is 2.80. The van der Waals surface area contributed by atoms with Gasteiger partial charge in [-0.05, 0) is 19.3 Å². The average molecular weight is 489 g/mol. The number of rotatable bonds is 24. The van der Waals surface area contributed by atoms with Gasteiger partial charge in [0.05, 0.1) is 25.2 Å². The van der Waals surface area contributed by atoms with E-state index in [9.17, 15) is 19.8 Å². The molecule has 0 amide bonds. The first kappa shape index (κ1) is 32.8. The fourth-order valence-corrected chi connectivity index (χ4v) is 4.02. The van der Waals surface area contributed by atoms with Crippen LogP contribution in [0, 0.1) is 0 Å². The van der Waals surface area contributed by atoms with E-state index in [1.165, 1.54) is 77.6 Å². The van der Waals surface area contributed by atoms with Gasteiger partial charge in [0, 0.05) is 6.92 Å². The number of hydrogen-bond acceptors (Lipinski definition) is 7. The molecule has 3 N–H and O–H groups in total. The number of aliphatic hydroxyl groups excluding tert-OH is 3. The molecule has 3 atom stereocenters. The van der Waals surface area contributed by atoms with Crippen molar-refractivity contribution in [3.63, 3.8) is 0 Å². The van der Waals surface area contributed by atoms with Crippen molar-refractivity contribution in [3.8, 4) is 0 Å². The molecule has 7 heteroatoms. The van der Waals surface area contributed by atoms with E-state index in [1.807, 2.05) is 0 Å². The Hall–Kier alpha value is -1.18. The SMILES string of the molecule is CCCCCCCCCCCCCCC(O)CCCCC(O)CC(=O)OCC(CO)OC(C)=O. The molecule has 0 rings (SSSR count). The van der Waals surface area contributed by atoms with Crippen molar-refractivity contribution in [3.05, 3.63) is 0 Å². The Labute approximate surface area is 207 Å². The van der Waals surface area contributed by atoms with E-state index >= 15 is 0 Å². The molecule has 0 saturated carbocycles. The zero-order valence-corrected chi connectivity index (χ0v) is 21.8. The van der Waals surface area contributed by atoms with Gasteiger partial charge in [-0.3, -0.25) is 9.59 Å². The number of aliphatic hydroxyl groups is 3. The van der Waals surface area contributed by atoms with Gasteiger partial charge in [-0.25, -0.2) is 0 Å². The van der Waals surface area contributed by atoms with Crippen LogP contribution in [0.4, 0.5) is 0 Å². The lowest BCUT2D eigenvalue weighted by atomic mass is 10.0. The normalized spacial score (nSPS) is 13.9. The Balaban J connectivity index is 3.54. The second-order valence-electron chi connectivity index (χ2n) is 9.57. The number of esters is 2. The summed E-state index contributed by atoms with van der Waals surface area (Å²) in [7, 11) is 0. The maximum Gasteiger partial charge on any atom is 0.308 e. The smallest absolute Gasteiger partial charge is 0.308 e. The molecular formula is C27H52O7. The minimum absolute atomic E-state index is 0.139. The molecule has 34 heavy (non-hydrogen) atoms. The van der Waals surface area contributed by atoms with Crippen LogP contribution in [-0.2, 0) is 19.1 Å². The Morgan fingerprint density at radius 2 is 1.15 bits per heavy atom. The second kappa shape index (κ2) is 23.6. The van der Waals surface area contributed by atoms with Gasteiger partial charge in [-0.1, -0.05) is 96.8 Å². The van der Waals surface area contributed by atoms with Gasteiger partial charge in [-0.2, -0.15) is 0 Å². The van der Waals surface area contributed by atoms with E-state index in [-0.39, 0.29) is 19.1 Å². The van der Waals surface area contributed by atoms with Crippen molar-refractivity contribution < 1.29 is 34.4 Å². The largest absolute Gasteiger partial charge is 0.462 e. The molecule has 7 nitrogen and oxygen atoms in total. The van der Waals surface area contributed by atoms with Crippen molar-refractivity contribution in [2.75, 3.05) is 13.2 Å². The highest BCUT2D eigenvalue weighted by Crippen LogP contribution is 2.15. The summed E-state index contributed by atoms with van der Waals surface area (Å²) in [5.41, 5.74) is 0. The van der Waals surface area contributed by atoms with E-state index < -0.39 is 30.8 Å². The molecule has 0 aliphatic heterocycles.